The van der Waals surface area contributed by atoms with E-state index in [9.17, 15) is 25.2 Å². The third kappa shape index (κ3) is 2.64. The van der Waals surface area contributed by atoms with Crippen molar-refractivity contribution in [1.29, 1.82) is 0 Å². The molecular formula is C22H36O5. The Kier molecular flexibility index (Phi) is 4.68. The molecule has 0 amide bonds. The lowest BCUT2D eigenvalue weighted by Crippen LogP contribution is -2.62. The van der Waals surface area contributed by atoms with E-state index in [0.717, 1.165) is 38.5 Å². The highest BCUT2D eigenvalue weighted by atomic mass is 16.4. The van der Waals surface area contributed by atoms with E-state index < -0.39 is 29.5 Å². The van der Waals surface area contributed by atoms with E-state index in [-0.39, 0.29) is 35.2 Å². The van der Waals surface area contributed by atoms with Crippen molar-refractivity contribution >= 4 is 5.97 Å². The summed E-state index contributed by atoms with van der Waals surface area (Å²) in [6.07, 6.45) is 4.43. The predicted molar refractivity (Wildman–Crippen MR) is 101 cm³/mol. The highest BCUT2D eigenvalue weighted by molar-refractivity contribution is 5.70. The van der Waals surface area contributed by atoms with Crippen LogP contribution in [0.15, 0.2) is 0 Å². The Balaban J connectivity index is 1.69. The maximum Gasteiger partial charge on any atom is 0.306 e. The van der Waals surface area contributed by atoms with E-state index in [4.69, 9.17) is 0 Å². The summed E-state index contributed by atoms with van der Waals surface area (Å²) in [5, 5.41) is 42.2. The molecule has 4 aliphatic carbocycles. The highest BCUT2D eigenvalue weighted by Gasteiger charge is 2.66. The van der Waals surface area contributed by atoms with Crippen molar-refractivity contribution < 1.29 is 25.2 Å². The molecule has 4 saturated carbocycles. The van der Waals surface area contributed by atoms with E-state index in [2.05, 4.69) is 13.8 Å². The van der Waals surface area contributed by atoms with E-state index in [1.54, 1.807) is 6.92 Å². The molecule has 0 heterocycles. The van der Waals surface area contributed by atoms with E-state index >= 15 is 0 Å². The Morgan fingerprint density at radius 3 is 2.37 bits per heavy atom. The lowest BCUT2D eigenvalue weighted by atomic mass is 9.43. The topological polar surface area (TPSA) is 98.0 Å². The SMILES string of the molecule is CC(C(=O)O)C1CCC2C3C(O)CC4CC(O)CCC4(C)C3CC(O)C12C. The van der Waals surface area contributed by atoms with Gasteiger partial charge in [-0.25, -0.2) is 0 Å². The van der Waals surface area contributed by atoms with Crippen LogP contribution in [0.25, 0.3) is 0 Å². The lowest BCUT2D eigenvalue weighted by molar-refractivity contribution is -0.207. The zero-order chi connectivity index (χ0) is 19.7. The molecule has 11 atom stereocenters. The zero-order valence-electron chi connectivity index (χ0n) is 16.8. The first-order chi connectivity index (χ1) is 12.6. The minimum absolute atomic E-state index is 0.0399. The van der Waals surface area contributed by atoms with Gasteiger partial charge in [0.15, 0.2) is 0 Å². The normalized spacial score (nSPS) is 55.9. The number of aliphatic hydroxyl groups is 3. The van der Waals surface area contributed by atoms with Gasteiger partial charge in [0.25, 0.3) is 0 Å². The fraction of sp³-hybridized carbons (Fsp3) is 0.955. The summed E-state index contributed by atoms with van der Waals surface area (Å²) in [6.45, 7) is 6.17. The Morgan fingerprint density at radius 1 is 1.00 bits per heavy atom. The number of fused-ring (bicyclic) bond motifs is 5. The highest BCUT2D eigenvalue weighted by Crippen LogP contribution is 2.68. The first kappa shape index (κ1) is 19.7. The Labute approximate surface area is 162 Å². The number of aliphatic hydroxyl groups excluding tert-OH is 3. The van der Waals surface area contributed by atoms with E-state index in [1.807, 2.05) is 0 Å². The van der Waals surface area contributed by atoms with Crippen molar-refractivity contribution in [3.05, 3.63) is 0 Å². The molecule has 0 saturated heterocycles. The Morgan fingerprint density at radius 2 is 1.70 bits per heavy atom. The van der Waals surface area contributed by atoms with E-state index in [0.29, 0.717) is 12.3 Å². The van der Waals surface area contributed by atoms with Crippen LogP contribution >= 0.6 is 0 Å². The molecule has 11 unspecified atom stereocenters. The maximum atomic E-state index is 11.7. The van der Waals surface area contributed by atoms with Crippen LogP contribution in [0.3, 0.4) is 0 Å². The van der Waals surface area contributed by atoms with Gasteiger partial charge in [0.1, 0.15) is 0 Å². The van der Waals surface area contributed by atoms with Crippen LogP contribution in [0.2, 0.25) is 0 Å². The molecule has 5 heteroatoms. The number of rotatable bonds is 2. The monoisotopic (exact) mass is 380 g/mol. The Hall–Kier alpha value is -0.650. The first-order valence-corrected chi connectivity index (χ1v) is 10.9. The summed E-state index contributed by atoms with van der Waals surface area (Å²) in [4.78, 5) is 11.7. The average Bonchev–Trinajstić information content (AvgIpc) is 2.95. The third-order valence-electron chi connectivity index (χ3n) is 9.83. The van der Waals surface area contributed by atoms with Gasteiger partial charge in [-0.15, -0.1) is 0 Å². The van der Waals surface area contributed by atoms with Gasteiger partial charge in [-0.2, -0.15) is 0 Å². The van der Waals surface area contributed by atoms with Gasteiger partial charge in [0, 0.05) is 5.41 Å². The van der Waals surface area contributed by atoms with Gasteiger partial charge in [-0.05, 0) is 80.0 Å². The summed E-state index contributed by atoms with van der Waals surface area (Å²) in [5.74, 6) is -0.413. The molecule has 0 spiro atoms. The van der Waals surface area contributed by atoms with Crippen molar-refractivity contribution in [3.63, 3.8) is 0 Å². The molecule has 0 radical (unpaired) electrons. The second-order valence-electron chi connectivity index (χ2n) is 10.7. The molecule has 0 aromatic heterocycles. The second-order valence-corrected chi connectivity index (χ2v) is 10.7. The molecule has 154 valence electrons. The van der Waals surface area contributed by atoms with Gasteiger partial charge < -0.3 is 20.4 Å². The van der Waals surface area contributed by atoms with Crippen molar-refractivity contribution in [3.8, 4) is 0 Å². The molecule has 4 fully saturated rings. The number of hydrogen-bond donors (Lipinski definition) is 4. The van der Waals surface area contributed by atoms with Crippen LogP contribution in [0.5, 0.6) is 0 Å². The Bertz CT molecular complexity index is 608. The first-order valence-electron chi connectivity index (χ1n) is 10.9. The molecule has 5 nitrogen and oxygen atoms in total. The van der Waals surface area contributed by atoms with E-state index in [1.165, 1.54) is 0 Å². The third-order valence-corrected chi connectivity index (χ3v) is 9.83. The standard InChI is InChI=1S/C22H36O5/c1-11(20(26)27)14-4-5-15-19-16(10-18(25)22(14,15)3)21(2)7-6-13(23)8-12(21)9-17(19)24/h11-19,23-25H,4-10H2,1-3H3,(H,26,27). The molecule has 4 N–H and O–H groups in total. The molecule has 0 bridgehead atoms. The van der Waals surface area contributed by atoms with Crippen molar-refractivity contribution in [1.82, 2.24) is 0 Å². The molecule has 4 rings (SSSR count). The molecule has 0 aromatic carbocycles. The summed E-state index contributed by atoms with van der Waals surface area (Å²) < 4.78 is 0. The number of carbonyl (C=O) groups is 1. The lowest BCUT2D eigenvalue weighted by Gasteiger charge is -2.63. The summed E-state index contributed by atoms with van der Waals surface area (Å²) in [5.41, 5.74) is -0.376. The molecule has 0 aromatic rings. The number of carboxylic acids is 1. The van der Waals surface area contributed by atoms with Crippen molar-refractivity contribution in [2.75, 3.05) is 0 Å². The minimum Gasteiger partial charge on any atom is -0.481 e. The van der Waals surface area contributed by atoms with Gasteiger partial charge in [0.05, 0.1) is 24.2 Å². The largest absolute Gasteiger partial charge is 0.481 e. The van der Waals surface area contributed by atoms with Crippen LogP contribution in [0.1, 0.15) is 65.7 Å². The van der Waals surface area contributed by atoms with Crippen LogP contribution in [-0.4, -0.2) is 44.7 Å². The molecular weight excluding hydrogens is 344 g/mol. The van der Waals surface area contributed by atoms with Crippen LogP contribution in [-0.2, 0) is 4.79 Å². The summed E-state index contributed by atoms with van der Waals surface area (Å²) in [7, 11) is 0. The second kappa shape index (κ2) is 6.43. The van der Waals surface area contributed by atoms with Crippen LogP contribution < -0.4 is 0 Å². The number of hydrogen-bond acceptors (Lipinski definition) is 4. The fourth-order valence-corrected chi connectivity index (χ4v) is 8.19. The predicted octanol–water partition coefficient (Wildman–Crippen LogP) is 2.67. The average molecular weight is 381 g/mol. The number of carboxylic acid groups (broad SMARTS) is 1. The maximum absolute atomic E-state index is 11.7. The van der Waals surface area contributed by atoms with Crippen LogP contribution in [0, 0.1) is 46.3 Å². The number of aliphatic carboxylic acids is 1. The molecule has 0 aliphatic heterocycles. The van der Waals surface area contributed by atoms with Gasteiger partial charge in [-0.3, -0.25) is 4.79 Å². The fourth-order valence-electron chi connectivity index (χ4n) is 8.19. The minimum atomic E-state index is -0.784. The zero-order valence-corrected chi connectivity index (χ0v) is 16.8. The van der Waals surface area contributed by atoms with Gasteiger partial charge in [0.2, 0.25) is 0 Å². The van der Waals surface area contributed by atoms with Gasteiger partial charge >= 0.3 is 5.97 Å². The van der Waals surface area contributed by atoms with Crippen molar-refractivity contribution in [2.24, 2.45) is 46.3 Å². The molecule has 27 heavy (non-hydrogen) atoms. The van der Waals surface area contributed by atoms with Gasteiger partial charge in [-0.1, -0.05) is 20.8 Å². The van der Waals surface area contributed by atoms with Crippen molar-refractivity contribution in [2.45, 2.75) is 84.0 Å². The molecule has 4 aliphatic rings. The summed E-state index contributed by atoms with van der Waals surface area (Å²) >= 11 is 0. The quantitative estimate of drug-likeness (QED) is 0.590. The smallest absolute Gasteiger partial charge is 0.306 e. The summed E-state index contributed by atoms with van der Waals surface area (Å²) in [6, 6.07) is 0. The van der Waals surface area contributed by atoms with Crippen LogP contribution in [0.4, 0.5) is 0 Å².